The van der Waals surface area contributed by atoms with Crippen molar-refractivity contribution in [2.75, 3.05) is 5.43 Å². The van der Waals surface area contributed by atoms with Crippen molar-refractivity contribution in [3.8, 4) is 0 Å². The Morgan fingerprint density at radius 1 is 1.37 bits per heavy atom. The van der Waals surface area contributed by atoms with Crippen molar-refractivity contribution in [2.45, 2.75) is 22.7 Å². The molecule has 3 N–H and O–H groups in total. The zero-order chi connectivity index (χ0) is 13.2. The molecule has 0 aliphatic heterocycles. The van der Waals surface area contributed by atoms with Crippen molar-refractivity contribution in [2.24, 2.45) is 5.84 Å². The minimum Gasteiger partial charge on any atom is -0.292 e. The lowest BCUT2D eigenvalue weighted by Crippen LogP contribution is -2.10. The molecule has 3 rings (SSSR count). The highest BCUT2D eigenvalue weighted by molar-refractivity contribution is 8.01. The Bertz CT molecular complexity index is 706. The number of rotatable bonds is 4. The first-order chi connectivity index (χ1) is 9.30. The molecule has 0 fully saturated rings. The number of thiophene rings is 1. The lowest BCUT2D eigenvalue weighted by molar-refractivity contribution is 0.970. The van der Waals surface area contributed by atoms with Crippen LogP contribution in [-0.2, 0) is 6.42 Å². The number of hydrazine groups is 1. The zero-order valence-corrected chi connectivity index (χ0v) is 12.4. The Labute approximate surface area is 121 Å². The fourth-order valence-corrected chi connectivity index (χ4v) is 4.03. The molecule has 0 atom stereocenters. The van der Waals surface area contributed by atoms with Crippen molar-refractivity contribution in [3.05, 3.63) is 17.3 Å². The molecule has 0 saturated carbocycles. The topological polar surface area (TPSA) is 89.6 Å². The van der Waals surface area contributed by atoms with E-state index in [4.69, 9.17) is 5.84 Å². The van der Waals surface area contributed by atoms with Gasteiger partial charge >= 0.3 is 0 Å². The van der Waals surface area contributed by atoms with Crippen LogP contribution in [0.4, 0.5) is 5.95 Å². The molecule has 0 aliphatic rings. The quantitative estimate of drug-likeness (QED) is 0.435. The van der Waals surface area contributed by atoms with Gasteiger partial charge in [-0.05, 0) is 34.7 Å². The van der Waals surface area contributed by atoms with E-state index in [0.29, 0.717) is 5.95 Å². The third kappa shape index (κ3) is 2.54. The molecule has 0 spiro atoms. The molecule has 0 radical (unpaired) electrons. The average Bonchev–Trinajstić information content (AvgIpc) is 3.06. The third-order valence-electron chi connectivity index (χ3n) is 2.37. The van der Waals surface area contributed by atoms with Crippen molar-refractivity contribution in [3.63, 3.8) is 0 Å². The lowest BCUT2D eigenvalue weighted by atomic mass is 10.4. The SMILES string of the molecule is CCc1nsc(Sc2nc(NN)nc3sccc23)n1. The van der Waals surface area contributed by atoms with Crippen LogP contribution in [0.1, 0.15) is 12.7 Å². The van der Waals surface area contributed by atoms with Crippen molar-refractivity contribution in [1.29, 1.82) is 0 Å². The van der Waals surface area contributed by atoms with E-state index >= 15 is 0 Å². The first-order valence-corrected chi connectivity index (χ1v) is 7.99. The van der Waals surface area contributed by atoms with Crippen LogP contribution < -0.4 is 11.3 Å². The molecule has 6 nitrogen and oxygen atoms in total. The van der Waals surface area contributed by atoms with E-state index in [2.05, 4.69) is 24.8 Å². The molecule has 3 aromatic heterocycles. The van der Waals surface area contributed by atoms with E-state index in [1.165, 1.54) is 23.3 Å². The summed E-state index contributed by atoms with van der Waals surface area (Å²) in [5.74, 6) is 6.67. The molecule has 3 aromatic rings. The van der Waals surface area contributed by atoms with Gasteiger partial charge in [0.1, 0.15) is 15.7 Å². The normalized spacial score (nSPS) is 11.1. The summed E-state index contributed by atoms with van der Waals surface area (Å²) < 4.78 is 5.15. The van der Waals surface area contributed by atoms with Crippen LogP contribution in [0.2, 0.25) is 0 Å². The number of hydrogen-bond donors (Lipinski definition) is 2. The fraction of sp³-hybridized carbons (Fsp3) is 0.200. The number of nitrogens with two attached hydrogens (primary N) is 1. The van der Waals surface area contributed by atoms with Crippen molar-refractivity contribution in [1.82, 2.24) is 19.3 Å². The number of nitrogens with one attached hydrogen (secondary N) is 1. The number of hydrogen-bond acceptors (Lipinski definition) is 9. The summed E-state index contributed by atoms with van der Waals surface area (Å²) in [6, 6.07) is 2.00. The van der Waals surface area contributed by atoms with Gasteiger partial charge in [-0.15, -0.1) is 11.3 Å². The second-order valence-corrected chi connectivity index (χ2v) is 6.45. The number of aryl methyl sites for hydroxylation is 1. The summed E-state index contributed by atoms with van der Waals surface area (Å²) in [6.07, 6.45) is 0.838. The smallest absolute Gasteiger partial charge is 0.239 e. The van der Waals surface area contributed by atoms with Gasteiger partial charge in [-0.25, -0.2) is 20.8 Å². The van der Waals surface area contributed by atoms with Gasteiger partial charge in [0.2, 0.25) is 5.95 Å². The molecule has 98 valence electrons. The standard InChI is InChI=1S/C10H10N6S3/c1-2-6-12-10(19-16-6)18-8-5-3-4-17-7(5)13-9(14-8)15-11/h3-4H,2,11H2,1H3,(H,13,14,15). The summed E-state index contributed by atoms with van der Waals surface area (Å²) in [5, 5.41) is 3.85. The molecular weight excluding hydrogens is 300 g/mol. The van der Waals surface area contributed by atoms with E-state index in [9.17, 15) is 0 Å². The molecule has 0 bridgehead atoms. The molecule has 19 heavy (non-hydrogen) atoms. The molecule has 0 saturated heterocycles. The minimum atomic E-state index is 0.415. The van der Waals surface area contributed by atoms with Crippen molar-refractivity contribution < 1.29 is 0 Å². The molecule has 0 aliphatic carbocycles. The Morgan fingerprint density at radius 3 is 3.00 bits per heavy atom. The van der Waals surface area contributed by atoms with Crippen LogP contribution in [0.25, 0.3) is 10.2 Å². The highest BCUT2D eigenvalue weighted by Gasteiger charge is 2.12. The molecule has 3 heterocycles. The summed E-state index contributed by atoms with van der Waals surface area (Å²) >= 11 is 4.44. The summed E-state index contributed by atoms with van der Waals surface area (Å²) in [7, 11) is 0. The summed E-state index contributed by atoms with van der Waals surface area (Å²) in [5.41, 5.74) is 2.49. The number of fused-ring (bicyclic) bond motifs is 1. The second-order valence-electron chi connectivity index (χ2n) is 3.57. The van der Waals surface area contributed by atoms with Gasteiger partial charge in [-0.3, -0.25) is 5.43 Å². The third-order valence-corrected chi connectivity index (χ3v) is 4.97. The molecule has 9 heteroatoms. The minimum absolute atomic E-state index is 0.415. The van der Waals surface area contributed by atoms with Gasteiger partial charge < -0.3 is 0 Å². The van der Waals surface area contributed by atoms with E-state index in [1.54, 1.807) is 11.3 Å². The molecule has 0 unspecified atom stereocenters. The summed E-state index contributed by atoms with van der Waals surface area (Å²) in [4.78, 5) is 14.0. The number of anilines is 1. The van der Waals surface area contributed by atoms with Crippen LogP contribution >= 0.6 is 34.6 Å². The molecule has 0 aromatic carbocycles. The number of nitrogen functional groups attached to an aromatic ring is 1. The lowest BCUT2D eigenvalue weighted by Gasteiger charge is -2.02. The monoisotopic (exact) mass is 310 g/mol. The maximum absolute atomic E-state index is 5.39. The van der Waals surface area contributed by atoms with E-state index in [1.807, 2.05) is 18.4 Å². The number of nitrogens with zero attached hydrogens (tertiary/aromatic N) is 4. The first-order valence-electron chi connectivity index (χ1n) is 5.52. The molecular formula is C10H10N6S3. The van der Waals surface area contributed by atoms with Crippen LogP contribution in [0, 0.1) is 0 Å². The van der Waals surface area contributed by atoms with Gasteiger partial charge in [0.25, 0.3) is 0 Å². The zero-order valence-electron chi connectivity index (χ0n) is 9.95. The van der Waals surface area contributed by atoms with Crippen molar-refractivity contribution >= 4 is 50.8 Å². The van der Waals surface area contributed by atoms with E-state index in [0.717, 1.165) is 31.8 Å². The van der Waals surface area contributed by atoms with Crippen LogP contribution in [0.5, 0.6) is 0 Å². The predicted molar refractivity (Wildman–Crippen MR) is 78.6 cm³/mol. The van der Waals surface area contributed by atoms with Gasteiger partial charge in [-0.1, -0.05) is 6.92 Å². The summed E-state index contributed by atoms with van der Waals surface area (Å²) in [6.45, 7) is 2.04. The van der Waals surface area contributed by atoms with E-state index < -0.39 is 0 Å². The highest BCUT2D eigenvalue weighted by atomic mass is 32.2. The highest BCUT2D eigenvalue weighted by Crippen LogP contribution is 2.34. The Hall–Kier alpha value is -1.29. The number of aromatic nitrogens is 4. The van der Waals surface area contributed by atoms with Crippen LogP contribution in [-0.4, -0.2) is 19.3 Å². The van der Waals surface area contributed by atoms with Gasteiger partial charge in [0.15, 0.2) is 4.34 Å². The Kier molecular flexibility index (Phi) is 3.60. The maximum atomic E-state index is 5.39. The van der Waals surface area contributed by atoms with Crippen LogP contribution in [0.3, 0.4) is 0 Å². The Morgan fingerprint density at radius 2 is 2.26 bits per heavy atom. The van der Waals surface area contributed by atoms with Gasteiger partial charge in [-0.2, -0.15) is 4.37 Å². The average molecular weight is 310 g/mol. The molecule has 0 amide bonds. The first kappa shape index (κ1) is 12.7. The van der Waals surface area contributed by atoms with E-state index in [-0.39, 0.29) is 0 Å². The van der Waals surface area contributed by atoms with Crippen LogP contribution in [0.15, 0.2) is 20.8 Å². The fourth-order valence-electron chi connectivity index (χ4n) is 1.48. The second kappa shape index (κ2) is 5.37. The predicted octanol–water partition coefficient (Wildman–Crippen LogP) is 2.54. The largest absolute Gasteiger partial charge is 0.292 e. The van der Waals surface area contributed by atoms with Gasteiger partial charge in [0.05, 0.1) is 0 Å². The maximum Gasteiger partial charge on any atom is 0.239 e. The Balaban J connectivity index is 2.01. The van der Waals surface area contributed by atoms with Gasteiger partial charge in [0, 0.05) is 11.8 Å².